The van der Waals surface area contributed by atoms with Crippen LogP contribution >= 0.6 is 0 Å². The highest BCUT2D eigenvalue weighted by molar-refractivity contribution is 6.00. The highest BCUT2D eigenvalue weighted by Crippen LogP contribution is 2.37. The van der Waals surface area contributed by atoms with Crippen LogP contribution in [0.25, 0.3) is 0 Å². The summed E-state index contributed by atoms with van der Waals surface area (Å²) >= 11 is 0. The fourth-order valence-corrected chi connectivity index (χ4v) is 7.75. The first-order chi connectivity index (χ1) is 17.9. The van der Waals surface area contributed by atoms with E-state index in [0.717, 1.165) is 51.0 Å². The molecule has 0 aromatic carbocycles. The number of hydrogen-bond donors (Lipinski definition) is 1. The van der Waals surface area contributed by atoms with E-state index < -0.39 is 5.54 Å². The van der Waals surface area contributed by atoms with Gasteiger partial charge in [-0.25, -0.2) is 0 Å². The van der Waals surface area contributed by atoms with Gasteiger partial charge in [-0.05, 0) is 58.3 Å². The summed E-state index contributed by atoms with van der Waals surface area (Å²) in [7, 11) is 0. The van der Waals surface area contributed by atoms with Gasteiger partial charge in [-0.2, -0.15) is 5.10 Å². The molecule has 1 aromatic rings. The average molecular weight is 512 g/mol. The summed E-state index contributed by atoms with van der Waals surface area (Å²) in [5.74, 6) is 0.836. The highest BCUT2D eigenvalue weighted by atomic mass is 16.2. The van der Waals surface area contributed by atoms with Crippen molar-refractivity contribution in [3.63, 3.8) is 0 Å². The zero-order valence-electron chi connectivity index (χ0n) is 23.6. The Morgan fingerprint density at radius 2 is 1.59 bits per heavy atom. The topological polar surface area (TPSA) is 70.5 Å². The average Bonchev–Trinajstić information content (AvgIpc) is 3.20. The van der Waals surface area contributed by atoms with Gasteiger partial charge in [-0.15, -0.1) is 0 Å². The Balaban J connectivity index is 1.25. The maximum Gasteiger partial charge on any atom is 0.246 e. The lowest BCUT2D eigenvalue weighted by atomic mass is 9.79. The Hall–Kier alpha value is -1.89. The molecule has 5 rings (SSSR count). The van der Waals surface area contributed by atoms with Crippen molar-refractivity contribution in [1.82, 2.24) is 24.9 Å². The molecule has 2 amide bonds. The van der Waals surface area contributed by atoms with Crippen molar-refractivity contribution >= 4 is 11.8 Å². The third-order valence-corrected chi connectivity index (χ3v) is 10.0. The molecule has 1 unspecified atom stereocenters. The summed E-state index contributed by atoms with van der Waals surface area (Å²) in [6, 6.07) is 0.216. The Morgan fingerprint density at radius 1 is 0.946 bits per heavy atom. The van der Waals surface area contributed by atoms with E-state index in [1.807, 2.05) is 4.90 Å². The first-order valence-electron chi connectivity index (χ1n) is 15.3. The number of hydrogen-bond acceptors (Lipinski definition) is 4. The van der Waals surface area contributed by atoms with Gasteiger partial charge in [0.1, 0.15) is 11.6 Å². The second-order valence-electron chi connectivity index (χ2n) is 12.4. The second kappa shape index (κ2) is 11.5. The third kappa shape index (κ3) is 5.35. The lowest BCUT2D eigenvalue weighted by Gasteiger charge is -2.52. The zero-order valence-corrected chi connectivity index (χ0v) is 23.6. The molecule has 4 fully saturated rings. The fraction of sp³-hybridized carbons (Fsp3) is 0.833. The van der Waals surface area contributed by atoms with Gasteiger partial charge in [0, 0.05) is 37.4 Å². The van der Waals surface area contributed by atoms with Crippen LogP contribution in [-0.4, -0.2) is 62.6 Å². The molecule has 0 bridgehead atoms. The Labute approximate surface area is 223 Å². The first-order valence-corrected chi connectivity index (χ1v) is 15.3. The summed E-state index contributed by atoms with van der Waals surface area (Å²) in [5, 5.41) is 8.19. The van der Waals surface area contributed by atoms with Gasteiger partial charge in [-0.3, -0.25) is 19.2 Å². The summed E-state index contributed by atoms with van der Waals surface area (Å²) in [6.45, 7) is 9.74. The largest absolute Gasteiger partial charge is 0.342 e. The fourth-order valence-electron chi connectivity index (χ4n) is 7.75. The van der Waals surface area contributed by atoms with Crippen LogP contribution in [0.4, 0.5) is 0 Å². The van der Waals surface area contributed by atoms with Crippen molar-refractivity contribution < 1.29 is 9.59 Å². The monoisotopic (exact) mass is 511 g/mol. The van der Waals surface area contributed by atoms with E-state index in [2.05, 4.69) is 35.7 Å². The molecule has 206 valence electrons. The molecule has 2 aliphatic heterocycles. The summed E-state index contributed by atoms with van der Waals surface area (Å²) in [6.07, 6.45) is 15.8. The number of piperazine rings is 1. The molecule has 7 nitrogen and oxygen atoms in total. The van der Waals surface area contributed by atoms with Crippen LogP contribution in [0.1, 0.15) is 120 Å². The molecule has 1 N–H and O–H groups in total. The minimum atomic E-state index is -0.678. The van der Waals surface area contributed by atoms with E-state index in [9.17, 15) is 9.59 Å². The molecule has 0 radical (unpaired) electrons. The second-order valence-corrected chi connectivity index (χ2v) is 12.4. The Bertz CT molecular complexity index is 951. The molecule has 4 aliphatic rings. The van der Waals surface area contributed by atoms with E-state index >= 15 is 0 Å². The molecule has 3 heterocycles. The van der Waals surface area contributed by atoms with Gasteiger partial charge in [0.25, 0.3) is 0 Å². The number of aryl methyl sites for hydroxylation is 1. The molecule has 2 aliphatic carbocycles. The number of amides is 2. The van der Waals surface area contributed by atoms with Crippen LogP contribution < -0.4 is 5.32 Å². The van der Waals surface area contributed by atoms with Gasteiger partial charge in [0.15, 0.2) is 0 Å². The van der Waals surface area contributed by atoms with Crippen LogP contribution in [0.5, 0.6) is 0 Å². The van der Waals surface area contributed by atoms with Gasteiger partial charge < -0.3 is 10.2 Å². The van der Waals surface area contributed by atoms with E-state index in [1.54, 1.807) is 0 Å². The number of nitrogens with zero attached hydrogens (tertiary/aromatic N) is 4. The predicted molar refractivity (Wildman–Crippen MR) is 146 cm³/mol. The molecular formula is C30H49N5O2. The molecule has 37 heavy (non-hydrogen) atoms. The quantitative estimate of drug-likeness (QED) is 0.556. The van der Waals surface area contributed by atoms with E-state index in [-0.39, 0.29) is 17.9 Å². The van der Waals surface area contributed by atoms with Crippen LogP contribution in [0.3, 0.4) is 0 Å². The number of likely N-dealkylation sites (tertiary alicyclic amines) is 1. The van der Waals surface area contributed by atoms with E-state index in [4.69, 9.17) is 5.10 Å². The standard InChI is InChI=1S/C30H49N5O2/c1-4-17-34-28(36)27(20-24-11-7-5-8-12-24)31-29(37)30(34)15-18-33(19-16-30)21-26-22(2)32-35(23(26)3)25-13-9-6-10-14-25/h24-25,27H,4-21H2,1-3H3,(H,31,37). The normalized spacial score (nSPS) is 26.1. The third-order valence-electron chi connectivity index (χ3n) is 10.0. The summed E-state index contributed by atoms with van der Waals surface area (Å²) < 4.78 is 2.30. The number of carbonyl (C=O) groups excluding carboxylic acids is 2. The van der Waals surface area contributed by atoms with Crippen LogP contribution in [0, 0.1) is 19.8 Å². The van der Waals surface area contributed by atoms with Gasteiger partial charge in [-0.1, -0.05) is 58.3 Å². The van der Waals surface area contributed by atoms with Crippen LogP contribution in [0.15, 0.2) is 0 Å². The van der Waals surface area contributed by atoms with Crippen molar-refractivity contribution in [3.05, 3.63) is 17.0 Å². The zero-order chi connectivity index (χ0) is 26.0. The molecule has 1 spiro atoms. The highest BCUT2D eigenvalue weighted by Gasteiger charge is 2.53. The minimum Gasteiger partial charge on any atom is -0.342 e. The van der Waals surface area contributed by atoms with Crippen molar-refractivity contribution in [2.75, 3.05) is 19.6 Å². The number of aromatic nitrogens is 2. The number of carbonyl (C=O) groups is 2. The van der Waals surface area contributed by atoms with E-state index in [1.165, 1.54) is 75.5 Å². The van der Waals surface area contributed by atoms with Gasteiger partial charge >= 0.3 is 0 Å². The molecule has 1 aromatic heterocycles. The lowest BCUT2D eigenvalue weighted by Crippen LogP contribution is -2.73. The van der Waals surface area contributed by atoms with Crippen molar-refractivity contribution in [2.24, 2.45) is 5.92 Å². The number of nitrogens with one attached hydrogen (secondary N) is 1. The van der Waals surface area contributed by atoms with Crippen molar-refractivity contribution in [2.45, 2.75) is 135 Å². The maximum absolute atomic E-state index is 13.7. The Kier molecular flexibility index (Phi) is 8.28. The molecule has 2 saturated carbocycles. The van der Waals surface area contributed by atoms with Gasteiger partial charge in [0.05, 0.1) is 11.7 Å². The molecule has 2 saturated heterocycles. The summed E-state index contributed by atoms with van der Waals surface area (Å²) in [5.41, 5.74) is 3.13. The van der Waals surface area contributed by atoms with Crippen LogP contribution in [0.2, 0.25) is 0 Å². The number of piperidine rings is 1. The Morgan fingerprint density at radius 3 is 2.24 bits per heavy atom. The summed E-state index contributed by atoms with van der Waals surface area (Å²) in [4.78, 5) is 31.8. The smallest absolute Gasteiger partial charge is 0.246 e. The minimum absolute atomic E-state index is 0.0958. The maximum atomic E-state index is 13.7. The number of rotatable bonds is 7. The predicted octanol–water partition coefficient (Wildman–Crippen LogP) is 5.05. The molecule has 7 heteroatoms. The van der Waals surface area contributed by atoms with Crippen LogP contribution in [-0.2, 0) is 16.1 Å². The lowest BCUT2D eigenvalue weighted by molar-refractivity contribution is -0.162. The van der Waals surface area contributed by atoms with E-state index in [0.29, 0.717) is 18.5 Å². The molecule has 1 atom stereocenters. The molecular weight excluding hydrogens is 462 g/mol. The van der Waals surface area contributed by atoms with Crippen molar-refractivity contribution in [3.8, 4) is 0 Å². The SMILES string of the molecule is CCCN1C(=O)C(CC2CCCCC2)NC(=O)C12CCN(Cc1c(C)nn(C3CCCCC3)c1C)CC2. The van der Waals surface area contributed by atoms with Crippen molar-refractivity contribution in [1.29, 1.82) is 0 Å². The first kappa shape index (κ1) is 26.7. The van der Waals surface area contributed by atoms with Gasteiger partial charge in [0.2, 0.25) is 11.8 Å².